The lowest BCUT2D eigenvalue weighted by molar-refractivity contribution is -0.147. The standard InChI is InChI=1S/C22H22O6S/c1-14(23)25-22(29-17-6-4-3-5-7-17)21-20-18(12-13-19(27-20)28-21)26-16-10-8-15(24-2)9-11-16/h3-13,18-22H,1-2H3/t18-,19-,20-,21+,22?/m1/s1. The first kappa shape index (κ1) is 19.8. The number of fused-ring (bicyclic) bond motifs is 2. The van der Waals surface area contributed by atoms with E-state index in [4.69, 9.17) is 23.7 Å². The number of carbonyl (C=O) groups is 1. The van der Waals surface area contributed by atoms with Crippen molar-refractivity contribution in [3.63, 3.8) is 0 Å². The van der Waals surface area contributed by atoms with Gasteiger partial charge in [0.05, 0.1) is 7.11 Å². The molecule has 0 spiro atoms. The number of ether oxygens (including phenoxy) is 5. The molecule has 2 heterocycles. The molecule has 0 N–H and O–H groups in total. The molecule has 5 atom stereocenters. The molecule has 2 aromatic rings. The fraction of sp³-hybridized carbons (Fsp3) is 0.318. The van der Waals surface area contributed by atoms with Gasteiger partial charge in [0, 0.05) is 11.8 Å². The highest BCUT2D eigenvalue weighted by Crippen LogP contribution is 2.38. The van der Waals surface area contributed by atoms with Crippen molar-refractivity contribution in [3.05, 3.63) is 66.7 Å². The van der Waals surface area contributed by atoms with Crippen LogP contribution < -0.4 is 9.47 Å². The Morgan fingerprint density at radius 3 is 2.41 bits per heavy atom. The molecule has 0 amide bonds. The summed E-state index contributed by atoms with van der Waals surface area (Å²) in [5.74, 6) is 1.07. The highest BCUT2D eigenvalue weighted by atomic mass is 32.2. The normalized spacial score (nSPS) is 26.0. The van der Waals surface area contributed by atoms with E-state index in [1.54, 1.807) is 7.11 Å². The van der Waals surface area contributed by atoms with Crippen molar-refractivity contribution < 1.29 is 28.5 Å². The second kappa shape index (κ2) is 8.90. The average Bonchev–Trinajstić information content (AvgIpc) is 3.08. The summed E-state index contributed by atoms with van der Waals surface area (Å²) in [6.07, 6.45) is 2.01. The number of benzene rings is 2. The Hall–Kier alpha value is -2.48. The molecule has 0 radical (unpaired) electrons. The minimum Gasteiger partial charge on any atom is -0.497 e. The van der Waals surface area contributed by atoms with E-state index in [1.807, 2.05) is 66.7 Å². The van der Waals surface area contributed by atoms with Gasteiger partial charge in [-0.15, -0.1) is 0 Å². The summed E-state index contributed by atoms with van der Waals surface area (Å²) >= 11 is 1.43. The molecule has 152 valence electrons. The minimum atomic E-state index is -0.563. The van der Waals surface area contributed by atoms with E-state index >= 15 is 0 Å². The molecule has 2 aliphatic heterocycles. The third-order valence-electron chi connectivity index (χ3n) is 4.57. The molecule has 29 heavy (non-hydrogen) atoms. The first-order valence-corrected chi connectivity index (χ1v) is 10.2. The molecule has 1 unspecified atom stereocenters. The quantitative estimate of drug-likeness (QED) is 0.295. The monoisotopic (exact) mass is 414 g/mol. The Balaban J connectivity index is 1.52. The second-order valence-electron chi connectivity index (χ2n) is 6.62. The maximum absolute atomic E-state index is 11.7. The van der Waals surface area contributed by atoms with Crippen molar-refractivity contribution in [2.24, 2.45) is 0 Å². The largest absolute Gasteiger partial charge is 0.497 e. The number of methoxy groups -OCH3 is 1. The molecule has 7 heteroatoms. The third kappa shape index (κ3) is 4.75. The second-order valence-corrected chi connectivity index (χ2v) is 7.79. The van der Waals surface area contributed by atoms with E-state index in [2.05, 4.69) is 0 Å². The van der Waals surface area contributed by atoms with E-state index in [0.717, 1.165) is 10.6 Å². The lowest BCUT2D eigenvalue weighted by Gasteiger charge is -2.29. The van der Waals surface area contributed by atoms with Crippen molar-refractivity contribution in [1.82, 2.24) is 0 Å². The van der Waals surface area contributed by atoms with Gasteiger partial charge in [0.1, 0.15) is 29.8 Å². The number of carbonyl (C=O) groups excluding carboxylic acids is 1. The maximum atomic E-state index is 11.7. The van der Waals surface area contributed by atoms with Gasteiger partial charge in [0.25, 0.3) is 0 Å². The van der Waals surface area contributed by atoms with E-state index < -0.39 is 23.9 Å². The topological polar surface area (TPSA) is 63.2 Å². The van der Waals surface area contributed by atoms with Crippen LogP contribution in [0.3, 0.4) is 0 Å². The van der Waals surface area contributed by atoms with Gasteiger partial charge in [0.2, 0.25) is 0 Å². The number of hydrogen-bond acceptors (Lipinski definition) is 7. The first-order chi connectivity index (χ1) is 14.1. The predicted molar refractivity (Wildman–Crippen MR) is 108 cm³/mol. The molecule has 0 saturated carbocycles. The van der Waals surface area contributed by atoms with Crippen molar-refractivity contribution in [2.45, 2.75) is 41.9 Å². The summed E-state index contributed by atoms with van der Waals surface area (Å²) in [5, 5.41) is 0. The van der Waals surface area contributed by atoms with Crippen LogP contribution in [0.2, 0.25) is 0 Å². The lowest BCUT2D eigenvalue weighted by Crippen LogP contribution is -2.44. The minimum absolute atomic E-state index is 0.371. The molecular weight excluding hydrogens is 392 g/mol. The van der Waals surface area contributed by atoms with Crippen molar-refractivity contribution >= 4 is 17.7 Å². The van der Waals surface area contributed by atoms with E-state index in [-0.39, 0.29) is 12.1 Å². The third-order valence-corrected chi connectivity index (χ3v) is 5.71. The molecule has 4 rings (SSSR count). The van der Waals surface area contributed by atoms with Gasteiger partial charge < -0.3 is 23.7 Å². The average molecular weight is 414 g/mol. The molecule has 6 nitrogen and oxygen atoms in total. The summed E-state index contributed by atoms with van der Waals surface area (Å²) in [6.45, 7) is 1.39. The van der Waals surface area contributed by atoms with Crippen LogP contribution in [-0.2, 0) is 19.0 Å². The number of esters is 1. The number of hydrogen-bond donors (Lipinski definition) is 0. The zero-order valence-corrected chi connectivity index (χ0v) is 16.9. The van der Waals surface area contributed by atoms with Gasteiger partial charge in [-0.3, -0.25) is 4.79 Å². The Morgan fingerprint density at radius 1 is 1.00 bits per heavy atom. The Kier molecular flexibility index (Phi) is 6.08. The summed E-state index contributed by atoms with van der Waals surface area (Å²) in [7, 11) is 1.62. The van der Waals surface area contributed by atoms with Gasteiger partial charge in [-0.1, -0.05) is 30.0 Å². The van der Waals surface area contributed by atoms with E-state index in [1.165, 1.54) is 18.7 Å². The smallest absolute Gasteiger partial charge is 0.303 e. The summed E-state index contributed by atoms with van der Waals surface area (Å²) in [4.78, 5) is 12.7. The Morgan fingerprint density at radius 2 is 1.72 bits per heavy atom. The summed E-state index contributed by atoms with van der Waals surface area (Å²) in [5.41, 5.74) is -0.563. The van der Waals surface area contributed by atoms with Gasteiger partial charge in [0.15, 0.2) is 11.7 Å². The zero-order chi connectivity index (χ0) is 20.2. The SMILES string of the molecule is COc1ccc(O[C@@H]2C=C[C@@H]3O[C@H]2[C@@H](C(OC(C)=O)Sc2ccccc2)O3)cc1. The molecule has 0 aromatic heterocycles. The van der Waals surface area contributed by atoms with E-state index in [0.29, 0.717) is 5.75 Å². The fourth-order valence-corrected chi connectivity index (χ4v) is 4.37. The molecular formula is C22H22O6S. The predicted octanol–water partition coefficient (Wildman–Crippen LogP) is 3.80. The van der Waals surface area contributed by atoms with Crippen molar-refractivity contribution in [2.75, 3.05) is 7.11 Å². The van der Waals surface area contributed by atoms with Crippen molar-refractivity contribution in [3.8, 4) is 11.5 Å². The summed E-state index contributed by atoms with van der Waals surface area (Å²) in [6, 6.07) is 17.1. The van der Waals surface area contributed by atoms with Gasteiger partial charge >= 0.3 is 5.97 Å². The zero-order valence-electron chi connectivity index (χ0n) is 16.1. The molecule has 1 fully saturated rings. The number of thioether (sulfide) groups is 1. The van der Waals surface area contributed by atoms with Gasteiger partial charge in [-0.25, -0.2) is 0 Å². The van der Waals surface area contributed by atoms with Crippen LogP contribution in [0.15, 0.2) is 71.6 Å². The van der Waals surface area contributed by atoms with Crippen LogP contribution in [0, 0.1) is 0 Å². The van der Waals surface area contributed by atoms with Crippen molar-refractivity contribution in [1.29, 1.82) is 0 Å². The van der Waals surface area contributed by atoms with Crippen LogP contribution in [0.4, 0.5) is 0 Å². The first-order valence-electron chi connectivity index (χ1n) is 9.31. The molecule has 0 aliphatic carbocycles. The van der Waals surface area contributed by atoms with Crippen LogP contribution in [0.1, 0.15) is 6.92 Å². The molecule has 2 bridgehead atoms. The Bertz CT molecular complexity index is 853. The lowest BCUT2D eigenvalue weighted by atomic mass is 10.1. The molecule has 2 aromatic carbocycles. The van der Waals surface area contributed by atoms with Crippen LogP contribution in [0.5, 0.6) is 11.5 Å². The van der Waals surface area contributed by atoms with Gasteiger partial charge in [-0.05, 0) is 48.6 Å². The molecule has 2 aliphatic rings. The number of rotatable bonds is 7. The molecule has 1 saturated heterocycles. The van der Waals surface area contributed by atoms with Crippen LogP contribution >= 0.6 is 11.8 Å². The summed E-state index contributed by atoms with van der Waals surface area (Å²) < 4.78 is 28.9. The Labute approximate surface area is 173 Å². The maximum Gasteiger partial charge on any atom is 0.303 e. The van der Waals surface area contributed by atoms with Crippen LogP contribution in [0.25, 0.3) is 0 Å². The fourth-order valence-electron chi connectivity index (χ4n) is 3.25. The highest BCUT2D eigenvalue weighted by molar-refractivity contribution is 7.99. The van der Waals surface area contributed by atoms with Crippen LogP contribution in [-0.4, -0.2) is 43.1 Å². The van der Waals surface area contributed by atoms with Gasteiger partial charge in [-0.2, -0.15) is 0 Å². The highest BCUT2D eigenvalue weighted by Gasteiger charge is 2.48. The van der Waals surface area contributed by atoms with E-state index in [9.17, 15) is 4.79 Å².